The number of anilines is 1. The predicted octanol–water partition coefficient (Wildman–Crippen LogP) is 3.11. The highest BCUT2D eigenvalue weighted by molar-refractivity contribution is 7.92. The Morgan fingerprint density at radius 2 is 1.72 bits per heavy atom. The summed E-state index contributed by atoms with van der Waals surface area (Å²) in [4.78, 5) is 28.1. The van der Waals surface area contributed by atoms with Gasteiger partial charge >= 0.3 is 0 Å². The minimum atomic E-state index is -3.85. The number of aryl methyl sites for hydroxylation is 1. The van der Waals surface area contributed by atoms with Gasteiger partial charge in [-0.1, -0.05) is 43.7 Å². The number of benzene rings is 2. The van der Waals surface area contributed by atoms with E-state index >= 15 is 0 Å². The maximum absolute atomic E-state index is 13.7. The van der Waals surface area contributed by atoms with Gasteiger partial charge in [-0.15, -0.1) is 0 Å². The first-order valence-corrected chi connectivity index (χ1v) is 13.7. The Morgan fingerprint density at radius 1 is 1.03 bits per heavy atom. The lowest BCUT2D eigenvalue weighted by atomic mass is 10.1. The first-order chi connectivity index (χ1) is 17.0. The van der Waals surface area contributed by atoms with Crippen LogP contribution in [-0.2, 0) is 26.2 Å². The average Bonchev–Trinajstić information content (AvgIpc) is 2.84. The third-order valence-corrected chi connectivity index (χ3v) is 6.85. The third kappa shape index (κ3) is 7.61. The first-order valence-electron chi connectivity index (χ1n) is 11.9. The number of carbonyl (C=O) groups excluding carboxylic acids is 2. The normalized spacial score (nSPS) is 11.9. The maximum Gasteiger partial charge on any atom is 0.244 e. The molecule has 2 amide bonds. The molecule has 2 rings (SSSR count). The van der Waals surface area contributed by atoms with Crippen LogP contribution in [0.3, 0.4) is 0 Å². The SMILES string of the molecule is CCCNC(=O)C(CC)N(Cc1cccc(C)c1)C(=O)CN(c1ccc(OC)c(OC)c1)S(C)(=O)=O. The van der Waals surface area contributed by atoms with Gasteiger partial charge in [-0.05, 0) is 37.5 Å². The van der Waals surface area contributed by atoms with Crippen LogP contribution in [0.2, 0.25) is 0 Å². The lowest BCUT2D eigenvalue weighted by Gasteiger charge is -2.33. The minimum Gasteiger partial charge on any atom is -0.493 e. The molecule has 0 aliphatic carbocycles. The highest BCUT2D eigenvalue weighted by Gasteiger charge is 2.32. The number of nitrogens with one attached hydrogen (secondary N) is 1. The molecule has 0 saturated carbocycles. The number of hydrogen-bond acceptors (Lipinski definition) is 6. The molecule has 0 aromatic heterocycles. The topological polar surface area (TPSA) is 105 Å². The number of ether oxygens (including phenoxy) is 2. The number of hydrogen-bond donors (Lipinski definition) is 1. The number of carbonyl (C=O) groups is 2. The summed E-state index contributed by atoms with van der Waals surface area (Å²) in [6.45, 7) is 5.91. The van der Waals surface area contributed by atoms with Crippen LogP contribution >= 0.6 is 0 Å². The van der Waals surface area contributed by atoms with E-state index in [1.165, 1.54) is 25.2 Å². The van der Waals surface area contributed by atoms with Crippen molar-refractivity contribution >= 4 is 27.5 Å². The number of rotatable bonds is 13. The summed E-state index contributed by atoms with van der Waals surface area (Å²) >= 11 is 0. The number of sulfonamides is 1. The zero-order valence-electron chi connectivity index (χ0n) is 21.9. The van der Waals surface area contributed by atoms with Crippen molar-refractivity contribution in [1.82, 2.24) is 10.2 Å². The largest absolute Gasteiger partial charge is 0.493 e. The van der Waals surface area contributed by atoms with E-state index < -0.39 is 28.5 Å². The van der Waals surface area contributed by atoms with E-state index in [4.69, 9.17) is 9.47 Å². The molecule has 0 fully saturated rings. The molecule has 9 nitrogen and oxygen atoms in total. The van der Waals surface area contributed by atoms with E-state index in [1.807, 2.05) is 45.0 Å². The highest BCUT2D eigenvalue weighted by Crippen LogP contribution is 2.32. The van der Waals surface area contributed by atoms with Crippen LogP contribution in [0.1, 0.15) is 37.8 Å². The summed E-state index contributed by atoms with van der Waals surface area (Å²) in [6.07, 6.45) is 2.17. The molecule has 0 aliphatic rings. The van der Waals surface area contributed by atoms with Crippen molar-refractivity contribution < 1.29 is 27.5 Å². The standard InChI is InChI=1S/C26H37N3O6S/c1-7-14-27-26(31)22(8-2)28(17-20-11-9-10-19(3)15-20)25(30)18-29(36(6,32)33)21-12-13-23(34-4)24(16-21)35-5/h9-13,15-16,22H,7-8,14,17-18H2,1-6H3,(H,27,31). The van der Waals surface area contributed by atoms with Gasteiger partial charge in [0.25, 0.3) is 0 Å². The summed E-state index contributed by atoms with van der Waals surface area (Å²) in [5, 5.41) is 2.86. The summed E-state index contributed by atoms with van der Waals surface area (Å²) < 4.78 is 37.1. The first kappa shape index (κ1) is 29.0. The van der Waals surface area contributed by atoms with Gasteiger partial charge in [-0.3, -0.25) is 13.9 Å². The zero-order valence-corrected chi connectivity index (χ0v) is 22.7. The molecule has 198 valence electrons. The molecular weight excluding hydrogens is 482 g/mol. The zero-order chi connectivity index (χ0) is 26.9. The van der Waals surface area contributed by atoms with Crippen molar-refractivity contribution in [3.63, 3.8) is 0 Å². The van der Waals surface area contributed by atoms with E-state index in [0.29, 0.717) is 24.5 Å². The summed E-state index contributed by atoms with van der Waals surface area (Å²) in [7, 11) is -0.923. The van der Waals surface area contributed by atoms with Gasteiger partial charge in [0, 0.05) is 19.2 Å². The van der Waals surface area contributed by atoms with Crippen molar-refractivity contribution in [1.29, 1.82) is 0 Å². The van der Waals surface area contributed by atoms with Crippen LogP contribution in [0.25, 0.3) is 0 Å². The van der Waals surface area contributed by atoms with Gasteiger partial charge in [-0.2, -0.15) is 0 Å². The molecule has 0 radical (unpaired) electrons. The molecule has 1 unspecified atom stereocenters. The smallest absolute Gasteiger partial charge is 0.244 e. The van der Waals surface area contributed by atoms with Crippen LogP contribution in [0.5, 0.6) is 11.5 Å². The fourth-order valence-electron chi connectivity index (χ4n) is 3.89. The second-order valence-electron chi connectivity index (χ2n) is 8.53. The fraction of sp³-hybridized carbons (Fsp3) is 0.462. The van der Waals surface area contributed by atoms with Crippen molar-refractivity contribution in [3.8, 4) is 11.5 Å². The molecule has 2 aromatic rings. The quantitative estimate of drug-likeness (QED) is 0.436. The Balaban J connectivity index is 2.47. The molecule has 1 atom stereocenters. The number of methoxy groups -OCH3 is 2. The molecule has 0 bridgehead atoms. The van der Waals surface area contributed by atoms with Crippen LogP contribution in [0.15, 0.2) is 42.5 Å². The second-order valence-corrected chi connectivity index (χ2v) is 10.4. The molecule has 0 spiro atoms. The average molecular weight is 520 g/mol. The second kappa shape index (κ2) is 13.2. The van der Waals surface area contributed by atoms with Crippen molar-refractivity contribution in [2.24, 2.45) is 0 Å². The monoisotopic (exact) mass is 519 g/mol. The van der Waals surface area contributed by atoms with Crippen LogP contribution < -0.4 is 19.1 Å². The number of nitrogens with zero attached hydrogens (tertiary/aromatic N) is 2. The predicted molar refractivity (Wildman–Crippen MR) is 141 cm³/mol. The van der Waals surface area contributed by atoms with Gasteiger partial charge in [-0.25, -0.2) is 8.42 Å². The molecule has 10 heteroatoms. The van der Waals surface area contributed by atoms with Gasteiger partial charge < -0.3 is 19.7 Å². The van der Waals surface area contributed by atoms with Gasteiger partial charge in [0.05, 0.1) is 26.2 Å². The Hall–Kier alpha value is -3.27. The third-order valence-electron chi connectivity index (χ3n) is 5.70. The maximum atomic E-state index is 13.7. The van der Waals surface area contributed by atoms with Crippen LogP contribution in [0.4, 0.5) is 5.69 Å². The van der Waals surface area contributed by atoms with Crippen molar-refractivity contribution in [2.45, 2.75) is 46.2 Å². The van der Waals surface area contributed by atoms with Gasteiger partial charge in [0.15, 0.2) is 11.5 Å². The molecular formula is C26H37N3O6S. The molecule has 36 heavy (non-hydrogen) atoms. The van der Waals surface area contributed by atoms with Gasteiger partial charge in [0.1, 0.15) is 12.6 Å². The molecule has 1 N–H and O–H groups in total. The summed E-state index contributed by atoms with van der Waals surface area (Å²) in [6, 6.07) is 11.5. The van der Waals surface area contributed by atoms with E-state index in [-0.39, 0.29) is 18.1 Å². The highest BCUT2D eigenvalue weighted by atomic mass is 32.2. The molecule has 0 saturated heterocycles. The van der Waals surface area contributed by atoms with E-state index in [1.54, 1.807) is 12.1 Å². The minimum absolute atomic E-state index is 0.169. The number of amides is 2. The lowest BCUT2D eigenvalue weighted by molar-refractivity contribution is -0.140. The van der Waals surface area contributed by atoms with Crippen LogP contribution in [0, 0.1) is 6.92 Å². The van der Waals surface area contributed by atoms with E-state index in [0.717, 1.165) is 28.1 Å². The van der Waals surface area contributed by atoms with Crippen molar-refractivity contribution in [2.75, 3.05) is 37.9 Å². The van der Waals surface area contributed by atoms with E-state index in [2.05, 4.69) is 5.32 Å². The Kier molecular flexibility index (Phi) is 10.6. The summed E-state index contributed by atoms with van der Waals surface area (Å²) in [5.41, 5.74) is 2.12. The Bertz CT molecular complexity index is 1150. The molecule has 0 heterocycles. The van der Waals surface area contributed by atoms with Gasteiger partial charge in [0.2, 0.25) is 21.8 Å². The van der Waals surface area contributed by atoms with Crippen molar-refractivity contribution in [3.05, 3.63) is 53.6 Å². The van der Waals surface area contributed by atoms with Crippen LogP contribution in [-0.4, -0.2) is 64.7 Å². The lowest BCUT2D eigenvalue weighted by Crippen LogP contribution is -2.52. The molecule has 0 aliphatic heterocycles. The Morgan fingerprint density at radius 3 is 2.28 bits per heavy atom. The Labute approximate surface area is 214 Å². The molecule has 2 aromatic carbocycles. The van der Waals surface area contributed by atoms with E-state index in [9.17, 15) is 18.0 Å². The summed E-state index contributed by atoms with van der Waals surface area (Å²) in [5.74, 6) is 0.00595. The fourth-order valence-corrected chi connectivity index (χ4v) is 4.73.